The van der Waals surface area contributed by atoms with E-state index in [0.29, 0.717) is 22.7 Å². The summed E-state index contributed by atoms with van der Waals surface area (Å²) in [5, 5.41) is 10.4. The molecule has 4 heteroatoms. The summed E-state index contributed by atoms with van der Waals surface area (Å²) in [6.07, 6.45) is -0.786. The molecule has 0 fully saturated rings. The van der Waals surface area contributed by atoms with Gasteiger partial charge in [-0.1, -0.05) is 12.1 Å². The van der Waals surface area contributed by atoms with Crippen molar-refractivity contribution in [2.45, 2.75) is 6.10 Å². The van der Waals surface area contributed by atoms with Crippen LogP contribution in [0.4, 0.5) is 5.69 Å². The van der Waals surface area contributed by atoms with E-state index >= 15 is 0 Å². The summed E-state index contributed by atoms with van der Waals surface area (Å²) >= 11 is 0. The molecule has 0 aliphatic carbocycles. The number of nitrogens with two attached hydrogens (primary N) is 1. The molecule has 0 bridgehead atoms. The summed E-state index contributed by atoms with van der Waals surface area (Å²) in [5.74, 6) is 1.29. The van der Waals surface area contributed by atoms with Crippen LogP contribution in [0.1, 0.15) is 17.2 Å². The van der Waals surface area contributed by atoms with Gasteiger partial charge < -0.3 is 20.3 Å². The standard InChI is InChI=1S/C15H17NO3/c1-18-12-7-8-14(19-2)13(9-12)15(17)10-3-5-11(16)6-4-10/h3-9,15,17H,16H2,1-2H3. The van der Waals surface area contributed by atoms with E-state index in [0.717, 1.165) is 5.56 Å². The second-order valence-electron chi connectivity index (χ2n) is 4.18. The van der Waals surface area contributed by atoms with Crippen LogP contribution < -0.4 is 15.2 Å². The average Bonchev–Trinajstić information content (AvgIpc) is 2.46. The van der Waals surface area contributed by atoms with Crippen LogP contribution in [0.15, 0.2) is 42.5 Å². The van der Waals surface area contributed by atoms with Gasteiger partial charge in [0.2, 0.25) is 0 Å². The van der Waals surface area contributed by atoms with Gasteiger partial charge in [0.25, 0.3) is 0 Å². The number of aliphatic hydroxyl groups is 1. The molecule has 0 aliphatic rings. The van der Waals surface area contributed by atoms with Crippen LogP contribution in [0.2, 0.25) is 0 Å². The van der Waals surface area contributed by atoms with Crippen molar-refractivity contribution in [1.82, 2.24) is 0 Å². The minimum absolute atomic E-state index is 0.616. The maximum absolute atomic E-state index is 10.4. The largest absolute Gasteiger partial charge is 0.497 e. The highest BCUT2D eigenvalue weighted by molar-refractivity contribution is 5.47. The summed E-state index contributed by atoms with van der Waals surface area (Å²) < 4.78 is 10.4. The predicted molar refractivity (Wildman–Crippen MR) is 74.5 cm³/mol. The summed E-state index contributed by atoms with van der Waals surface area (Å²) in [6.45, 7) is 0. The molecular formula is C15H17NO3. The van der Waals surface area contributed by atoms with E-state index in [1.807, 2.05) is 0 Å². The Kier molecular flexibility index (Phi) is 3.92. The van der Waals surface area contributed by atoms with Crippen LogP contribution in [0.25, 0.3) is 0 Å². The smallest absolute Gasteiger partial charge is 0.125 e. The van der Waals surface area contributed by atoms with Crippen LogP contribution in [0.3, 0.4) is 0 Å². The van der Waals surface area contributed by atoms with Gasteiger partial charge in [-0.05, 0) is 35.9 Å². The Balaban J connectivity index is 2.41. The summed E-state index contributed by atoms with van der Waals surface area (Å²) in [6, 6.07) is 12.4. The minimum Gasteiger partial charge on any atom is -0.497 e. The first-order valence-electron chi connectivity index (χ1n) is 5.91. The van der Waals surface area contributed by atoms with Crippen molar-refractivity contribution in [2.75, 3.05) is 20.0 Å². The number of hydrogen-bond acceptors (Lipinski definition) is 4. The van der Waals surface area contributed by atoms with Crippen LogP contribution >= 0.6 is 0 Å². The summed E-state index contributed by atoms with van der Waals surface area (Å²) in [5.41, 5.74) is 7.71. The molecule has 0 radical (unpaired) electrons. The Morgan fingerprint density at radius 2 is 1.68 bits per heavy atom. The highest BCUT2D eigenvalue weighted by Gasteiger charge is 2.16. The number of rotatable bonds is 4. The van der Waals surface area contributed by atoms with E-state index in [1.165, 1.54) is 0 Å². The van der Waals surface area contributed by atoms with Crippen molar-refractivity contribution in [3.8, 4) is 11.5 Å². The van der Waals surface area contributed by atoms with Crippen LogP contribution in [-0.2, 0) is 0 Å². The summed E-state index contributed by atoms with van der Waals surface area (Å²) in [4.78, 5) is 0. The van der Waals surface area contributed by atoms with Crippen LogP contribution in [-0.4, -0.2) is 19.3 Å². The molecule has 4 nitrogen and oxygen atoms in total. The van der Waals surface area contributed by atoms with Gasteiger partial charge in [0.1, 0.15) is 17.6 Å². The Morgan fingerprint density at radius 1 is 1.00 bits per heavy atom. The topological polar surface area (TPSA) is 64.7 Å². The highest BCUT2D eigenvalue weighted by Crippen LogP contribution is 2.33. The lowest BCUT2D eigenvalue weighted by molar-refractivity contribution is 0.214. The minimum atomic E-state index is -0.786. The predicted octanol–water partition coefficient (Wildman–Crippen LogP) is 2.37. The first-order chi connectivity index (χ1) is 9.15. The lowest BCUT2D eigenvalue weighted by Gasteiger charge is -2.16. The molecule has 0 saturated heterocycles. The van der Waals surface area contributed by atoms with E-state index in [9.17, 15) is 5.11 Å². The van der Waals surface area contributed by atoms with Crippen molar-refractivity contribution in [3.05, 3.63) is 53.6 Å². The number of aliphatic hydroxyl groups excluding tert-OH is 1. The molecule has 2 aromatic rings. The zero-order valence-electron chi connectivity index (χ0n) is 11.0. The lowest BCUT2D eigenvalue weighted by atomic mass is 10.00. The Morgan fingerprint density at radius 3 is 2.26 bits per heavy atom. The molecule has 0 spiro atoms. The maximum Gasteiger partial charge on any atom is 0.125 e. The molecule has 0 amide bonds. The molecule has 19 heavy (non-hydrogen) atoms. The Labute approximate surface area is 112 Å². The fourth-order valence-electron chi connectivity index (χ4n) is 1.91. The van der Waals surface area contributed by atoms with E-state index in [1.54, 1.807) is 56.7 Å². The molecule has 0 heterocycles. The fraction of sp³-hybridized carbons (Fsp3) is 0.200. The van der Waals surface area contributed by atoms with Gasteiger partial charge in [0, 0.05) is 11.3 Å². The molecule has 1 unspecified atom stereocenters. The van der Waals surface area contributed by atoms with Gasteiger partial charge >= 0.3 is 0 Å². The average molecular weight is 259 g/mol. The third-order valence-corrected chi connectivity index (χ3v) is 2.98. The van der Waals surface area contributed by atoms with Gasteiger partial charge in [0.05, 0.1) is 14.2 Å². The molecule has 0 aromatic heterocycles. The third kappa shape index (κ3) is 2.80. The monoisotopic (exact) mass is 259 g/mol. The number of methoxy groups -OCH3 is 2. The number of benzene rings is 2. The molecular weight excluding hydrogens is 242 g/mol. The molecule has 0 saturated carbocycles. The Bertz CT molecular complexity index is 552. The highest BCUT2D eigenvalue weighted by atomic mass is 16.5. The molecule has 1 atom stereocenters. The Hall–Kier alpha value is -2.20. The molecule has 3 N–H and O–H groups in total. The second kappa shape index (κ2) is 5.63. The van der Waals surface area contributed by atoms with Gasteiger partial charge in [-0.2, -0.15) is 0 Å². The van der Waals surface area contributed by atoms with Crippen molar-refractivity contribution in [1.29, 1.82) is 0 Å². The normalized spacial score (nSPS) is 11.9. The van der Waals surface area contributed by atoms with Crippen molar-refractivity contribution < 1.29 is 14.6 Å². The van der Waals surface area contributed by atoms with Crippen LogP contribution in [0.5, 0.6) is 11.5 Å². The third-order valence-electron chi connectivity index (χ3n) is 2.98. The van der Waals surface area contributed by atoms with Crippen LogP contribution in [0, 0.1) is 0 Å². The van der Waals surface area contributed by atoms with E-state index in [4.69, 9.17) is 15.2 Å². The quantitative estimate of drug-likeness (QED) is 0.827. The maximum atomic E-state index is 10.4. The SMILES string of the molecule is COc1ccc(OC)c(C(O)c2ccc(N)cc2)c1. The first-order valence-corrected chi connectivity index (χ1v) is 5.91. The summed E-state index contributed by atoms with van der Waals surface area (Å²) in [7, 11) is 3.15. The van der Waals surface area contributed by atoms with E-state index in [2.05, 4.69) is 0 Å². The van der Waals surface area contributed by atoms with Crippen molar-refractivity contribution in [3.63, 3.8) is 0 Å². The second-order valence-corrected chi connectivity index (χ2v) is 4.18. The number of hydrogen-bond donors (Lipinski definition) is 2. The molecule has 2 rings (SSSR count). The lowest BCUT2D eigenvalue weighted by Crippen LogP contribution is -2.03. The van der Waals surface area contributed by atoms with Gasteiger partial charge in [-0.25, -0.2) is 0 Å². The number of ether oxygens (including phenoxy) is 2. The number of anilines is 1. The van der Waals surface area contributed by atoms with Gasteiger partial charge in [-0.3, -0.25) is 0 Å². The fourth-order valence-corrected chi connectivity index (χ4v) is 1.91. The number of nitrogen functional groups attached to an aromatic ring is 1. The van der Waals surface area contributed by atoms with Gasteiger partial charge in [0.15, 0.2) is 0 Å². The zero-order chi connectivity index (χ0) is 13.8. The molecule has 100 valence electrons. The van der Waals surface area contributed by atoms with Gasteiger partial charge in [-0.15, -0.1) is 0 Å². The van der Waals surface area contributed by atoms with E-state index in [-0.39, 0.29) is 0 Å². The zero-order valence-corrected chi connectivity index (χ0v) is 11.0. The molecule has 2 aromatic carbocycles. The van der Waals surface area contributed by atoms with Crippen molar-refractivity contribution in [2.24, 2.45) is 0 Å². The molecule has 0 aliphatic heterocycles. The van der Waals surface area contributed by atoms with E-state index < -0.39 is 6.10 Å². The first kappa shape index (κ1) is 13.2. The van der Waals surface area contributed by atoms with Crippen molar-refractivity contribution >= 4 is 5.69 Å².